The van der Waals surface area contributed by atoms with E-state index in [1.807, 2.05) is 24.3 Å². The maximum absolute atomic E-state index is 13.1. The number of aromatic nitrogens is 4. The second-order valence-corrected chi connectivity index (χ2v) is 8.02. The fourth-order valence-corrected chi connectivity index (χ4v) is 3.86. The fourth-order valence-electron chi connectivity index (χ4n) is 3.06. The Hall–Kier alpha value is -3.24. The summed E-state index contributed by atoms with van der Waals surface area (Å²) in [4.78, 5) is 4.03. The molecular formula is C22H19BrFN5O2S. The van der Waals surface area contributed by atoms with Crippen LogP contribution in [0.5, 0.6) is 11.5 Å². The average Bonchev–Trinajstić information content (AvgIpc) is 3.18. The van der Waals surface area contributed by atoms with Gasteiger partial charge in [-0.3, -0.25) is 4.98 Å². The van der Waals surface area contributed by atoms with E-state index in [1.54, 1.807) is 36.3 Å². The first-order valence-electron chi connectivity index (χ1n) is 9.60. The average molecular weight is 516 g/mol. The second kappa shape index (κ2) is 9.92. The van der Waals surface area contributed by atoms with Crippen molar-refractivity contribution in [3.8, 4) is 22.9 Å². The van der Waals surface area contributed by atoms with Crippen LogP contribution in [0, 0.1) is 10.6 Å². The van der Waals surface area contributed by atoms with Gasteiger partial charge in [-0.05, 0) is 75.7 Å². The lowest BCUT2D eigenvalue weighted by molar-refractivity contribution is 0.282. The van der Waals surface area contributed by atoms with Crippen LogP contribution in [0.2, 0.25) is 0 Å². The SMILES string of the molecule is COc1cc(CNn2c(-c3ccncc3)n[nH]c2=S)cc(Br)c1OCc1ccc(F)cc1. The zero-order valence-electron chi connectivity index (χ0n) is 17.0. The fraction of sp³-hybridized carbons (Fsp3) is 0.136. The lowest BCUT2D eigenvalue weighted by Gasteiger charge is -2.16. The van der Waals surface area contributed by atoms with Crippen LogP contribution in [-0.4, -0.2) is 27.0 Å². The van der Waals surface area contributed by atoms with Gasteiger partial charge in [-0.2, -0.15) is 5.10 Å². The van der Waals surface area contributed by atoms with Crippen LogP contribution in [0.1, 0.15) is 11.1 Å². The Bertz CT molecular complexity index is 1260. The number of H-pyrrole nitrogens is 1. The number of hydrogen-bond donors (Lipinski definition) is 2. The Labute approximate surface area is 197 Å². The molecule has 2 heterocycles. The summed E-state index contributed by atoms with van der Waals surface area (Å²) >= 11 is 8.92. The highest BCUT2D eigenvalue weighted by atomic mass is 79.9. The summed E-state index contributed by atoms with van der Waals surface area (Å²) in [7, 11) is 1.58. The summed E-state index contributed by atoms with van der Waals surface area (Å²) in [5.74, 6) is 1.51. The molecule has 0 atom stereocenters. The maximum atomic E-state index is 13.1. The molecule has 10 heteroatoms. The standard InChI is InChI=1S/C22H19BrFN5O2S/c1-30-19-11-15(10-18(23)20(19)31-13-14-2-4-17(24)5-3-14)12-26-29-21(27-28-22(29)32)16-6-8-25-9-7-16/h2-11,26H,12-13H2,1H3,(H,28,32). The summed E-state index contributed by atoms with van der Waals surface area (Å²) < 4.78 is 27.5. The van der Waals surface area contributed by atoms with Gasteiger partial charge >= 0.3 is 0 Å². The van der Waals surface area contributed by atoms with E-state index in [4.69, 9.17) is 21.7 Å². The molecule has 2 aromatic carbocycles. The van der Waals surface area contributed by atoms with Crippen molar-refractivity contribution in [1.82, 2.24) is 19.9 Å². The molecule has 4 aromatic rings. The van der Waals surface area contributed by atoms with Gasteiger partial charge in [0.1, 0.15) is 12.4 Å². The first-order chi connectivity index (χ1) is 15.5. The van der Waals surface area contributed by atoms with E-state index in [9.17, 15) is 4.39 Å². The van der Waals surface area contributed by atoms with Crippen LogP contribution >= 0.6 is 28.1 Å². The minimum absolute atomic E-state index is 0.283. The Kier molecular flexibility index (Phi) is 6.81. The lowest BCUT2D eigenvalue weighted by Crippen LogP contribution is -2.16. The highest BCUT2D eigenvalue weighted by Crippen LogP contribution is 2.37. The van der Waals surface area contributed by atoms with Crippen LogP contribution in [0.3, 0.4) is 0 Å². The summed E-state index contributed by atoms with van der Waals surface area (Å²) in [6, 6.07) is 13.7. The molecule has 0 aliphatic heterocycles. The maximum Gasteiger partial charge on any atom is 0.214 e. The number of pyridine rings is 1. The molecule has 0 unspecified atom stereocenters. The number of hydrogen-bond acceptors (Lipinski definition) is 6. The number of nitrogens with one attached hydrogen (secondary N) is 2. The van der Waals surface area contributed by atoms with Crippen molar-refractivity contribution < 1.29 is 13.9 Å². The molecular weight excluding hydrogens is 497 g/mol. The molecule has 2 aromatic heterocycles. The topological polar surface area (TPSA) is 77.0 Å². The molecule has 0 spiro atoms. The summed E-state index contributed by atoms with van der Waals surface area (Å²) in [6.45, 7) is 0.742. The molecule has 0 amide bonds. The van der Waals surface area contributed by atoms with E-state index < -0.39 is 0 Å². The second-order valence-electron chi connectivity index (χ2n) is 6.78. The van der Waals surface area contributed by atoms with Crippen molar-refractivity contribution in [3.63, 3.8) is 0 Å². The molecule has 0 saturated heterocycles. The Morgan fingerprint density at radius 2 is 1.88 bits per heavy atom. The van der Waals surface area contributed by atoms with E-state index in [1.165, 1.54) is 12.1 Å². The van der Waals surface area contributed by atoms with Gasteiger partial charge in [-0.1, -0.05) is 12.1 Å². The zero-order chi connectivity index (χ0) is 22.5. The van der Waals surface area contributed by atoms with Crippen molar-refractivity contribution in [3.05, 3.63) is 87.1 Å². The van der Waals surface area contributed by atoms with Gasteiger partial charge in [0.05, 0.1) is 18.1 Å². The zero-order valence-corrected chi connectivity index (χ0v) is 19.4. The van der Waals surface area contributed by atoms with E-state index in [2.05, 4.69) is 36.5 Å². The van der Waals surface area contributed by atoms with Crippen molar-refractivity contribution in [2.24, 2.45) is 0 Å². The minimum atomic E-state index is -0.283. The largest absolute Gasteiger partial charge is 0.493 e. The van der Waals surface area contributed by atoms with Crippen LogP contribution in [0.4, 0.5) is 4.39 Å². The summed E-state index contributed by atoms with van der Waals surface area (Å²) in [6.07, 6.45) is 3.40. The van der Waals surface area contributed by atoms with Gasteiger partial charge in [-0.15, -0.1) is 0 Å². The van der Waals surface area contributed by atoms with Crippen molar-refractivity contribution >= 4 is 28.1 Å². The first-order valence-corrected chi connectivity index (χ1v) is 10.8. The molecule has 7 nitrogen and oxygen atoms in total. The number of ether oxygens (including phenoxy) is 2. The molecule has 0 aliphatic rings. The number of nitrogens with zero attached hydrogens (tertiary/aromatic N) is 3. The normalized spacial score (nSPS) is 10.7. The van der Waals surface area contributed by atoms with Crippen LogP contribution in [0.25, 0.3) is 11.4 Å². The highest BCUT2D eigenvalue weighted by molar-refractivity contribution is 9.10. The van der Waals surface area contributed by atoms with Gasteiger partial charge in [0.15, 0.2) is 17.3 Å². The third kappa shape index (κ3) is 4.97. The van der Waals surface area contributed by atoms with Gasteiger partial charge in [0.2, 0.25) is 4.77 Å². The van der Waals surface area contributed by atoms with Crippen LogP contribution < -0.4 is 14.9 Å². The molecule has 32 heavy (non-hydrogen) atoms. The van der Waals surface area contributed by atoms with Gasteiger partial charge < -0.3 is 14.9 Å². The third-order valence-electron chi connectivity index (χ3n) is 4.64. The monoisotopic (exact) mass is 515 g/mol. The van der Waals surface area contributed by atoms with E-state index in [-0.39, 0.29) is 12.4 Å². The molecule has 0 radical (unpaired) electrons. The predicted octanol–water partition coefficient (Wildman–Crippen LogP) is 5.24. The Morgan fingerprint density at radius 3 is 2.59 bits per heavy atom. The lowest BCUT2D eigenvalue weighted by atomic mass is 10.2. The Morgan fingerprint density at radius 1 is 1.12 bits per heavy atom. The van der Waals surface area contributed by atoms with Crippen LogP contribution in [0.15, 0.2) is 65.4 Å². The van der Waals surface area contributed by atoms with Crippen LogP contribution in [-0.2, 0) is 13.2 Å². The molecule has 4 rings (SSSR count). The first kappa shape index (κ1) is 22.0. The number of methoxy groups -OCH3 is 1. The molecule has 2 N–H and O–H groups in total. The van der Waals surface area contributed by atoms with E-state index >= 15 is 0 Å². The number of aromatic amines is 1. The van der Waals surface area contributed by atoms with Gasteiger partial charge in [0, 0.05) is 18.0 Å². The third-order valence-corrected chi connectivity index (χ3v) is 5.50. The number of rotatable bonds is 8. The minimum Gasteiger partial charge on any atom is -0.493 e. The predicted molar refractivity (Wildman–Crippen MR) is 125 cm³/mol. The molecule has 0 bridgehead atoms. The quantitative estimate of drug-likeness (QED) is 0.312. The number of benzene rings is 2. The van der Waals surface area contributed by atoms with E-state index in [0.717, 1.165) is 21.2 Å². The summed E-state index contributed by atoms with van der Waals surface area (Å²) in [5.41, 5.74) is 5.95. The molecule has 0 aliphatic carbocycles. The molecule has 0 saturated carbocycles. The smallest absolute Gasteiger partial charge is 0.214 e. The number of halogens is 2. The van der Waals surface area contributed by atoms with Gasteiger partial charge in [-0.25, -0.2) is 14.2 Å². The van der Waals surface area contributed by atoms with E-state index in [0.29, 0.717) is 28.6 Å². The van der Waals surface area contributed by atoms with Crippen molar-refractivity contribution in [2.45, 2.75) is 13.2 Å². The van der Waals surface area contributed by atoms with Crippen molar-refractivity contribution in [2.75, 3.05) is 12.5 Å². The summed E-state index contributed by atoms with van der Waals surface area (Å²) in [5, 5.41) is 7.11. The van der Waals surface area contributed by atoms with Crippen molar-refractivity contribution in [1.29, 1.82) is 0 Å². The highest BCUT2D eigenvalue weighted by Gasteiger charge is 2.14. The molecule has 0 fully saturated rings. The van der Waals surface area contributed by atoms with Gasteiger partial charge in [0.25, 0.3) is 0 Å². The Balaban J connectivity index is 1.51. The molecule has 164 valence electrons.